The maximum absolute atomic E-state index is 5.34. The zero-order valence-electron chi connectivity index (χ0n) is 12.9. The fourth-order valence-corrected chi connectivity index (χ4v) is 2.51. The van der Waals surface area contributed by atoms with Crippen molar-refractivity contribution in [3.8, 4) is 0 Å². The van der Waals surface area contributed by atoms with Crippen molar-refractivity contribution < 1.29 is 4.74 Å². The lowest BCUT2D eigenvalue weighted by molar-refractivity contribution is 0.153. The van der Waals surface area contributed by atoms with Crippen LogP contribution in [0, 0.1) is 5.92 Å². The maximum atomic E-state index is 5.34. The van der Waals surface area contributed by atoms with Crippen molar-refractivity contribution in [3.05, 3.63) is 35.9 Å². The van der Waals surface area contributed by atoms with Crippen LogP contribution in [-0.2, 0) is 4.74 Å². The smallest absolute Gasteiger partial charge is 0.0616 e. The van der Waals surface area contributed by atoms with E-state index in [1.165, 1.54) is 12.0 Å². The Morgan fingerprint density at radius 1 is 1.16 bits per heavy atom. The van der Waals surface area contributed by atoms with Gasteiger partial charge in [0.1, 0.15) is 0 Å². The molecule has 0 spiro atoms. The zero-order valence-corrected chi connectivity index (χ0v) is 12.9. The number of hydrogen-bond donors (Lipinski definition) is 1. The van der Waals surface area contributed by atoms with Gasteiger partial charge in [0.2, 0.25) is 0 Å². The molecule has 0 aliphatic carbocycles. The quantitative estimate of drug-likeness (QED) is 0.721. The highest BCUT2D eigenvalue weighted by molar-refractivity contribution is 5.19. The Kier molecular flexibility index (Phi) is 7.76. The summed E-state index contributed by atoms with van der Waals surface area (Å²) in [6.45, 7) is 7.57. The molecule has 108 valence electrons. The monoisotopic (exact) mass is 263 g/mol. The standard InChI is InChI=1S/C17H29NO/c1-5-9-16(13-19-4)18-17(12-14(2)3)15-10-7-6-8-11-15/h6-8,10-11,14,16-18H,5,9,12-13H2,1-4H3. The Bertz CT molecular complexity index is 317. The first-order valence-electron chi connectivity index (χ1n) is 7.47. The number of nitrogens with one attached hydrogen (secondary N) is 1. The Balaban J connectivity index is 2.73. The van der Waals surface area contributed by atoms with Gasteiger partial charge in [0.25, 0.3) is 0 Å². The van der Waals surface area contributed by atoms with Crippen LogP contribution < -0.4 is 5.32 Å². The van der Waals surface area contributed by atoms with E-state index in [9.17, 15) is 0 Å². The normalized spacial score (nSPS) is 14.6. The Morgan fingerprint density at radius 2 is 1.84 bits per heavy atom. The predicted octanol–water partition coefficient (Wildman–Crippen LogP) is 4.18. The van der Waals surface area contributed by atoms with Gasteiger partial charge in [-0.3, -0.25) is 0 Å². The lowest BCUT2D eigenvalue weighted by Crippen LogP contribution is -2.36. The van der Waals surface area contributed by atoms with Gasteiger partial charge in [0.15, 0.2) is 0 Å². The molecule has 0 radical (unpaired) electrons. The van der Waals surface area contributed by atoms with E-state index in [1.54, 1.807) is 7.11 Å². The van der Waals surface area contributed by atoms with Crippen molar-refractivity contribution in [2.45, 2.75) is 52.1 Å². The third-order valence-electron chi connectivity index (χ3n) is 3.35. The van der Waals surface area contributed by atoms with Gasteiger partial charge in [-0.15, -0.1) is 0 Å². The van der Waals surface area contributed by atoms with Crippen molar-refractivity contribution in [2.24, 2.45) is 5.92 Å². The van der Waals surface area contributed by atoms with E-state index in [4.69, 9.17) is 4.74 Å². The average molecular weight is 263 g/mol. The molecule has 0 fully saturated rings. The highest BCUT2D eigenvalue weighted by Gasteiger charge is 2.17. The molecule has 0 bridgehead atoms. The van der Waals surface area contributed by atoms with Crippen LogP contribution in [0.4, 0.5) is 0 Å². The van der Waals surface area contributed by atoms with Crippen LogP contribution >= 0.6 is 0 Å². The van der Waals surface area contributed by atoms with Gasteiger partial charge in [-0.2, -0.15) is 0 Å². The summed E-state index contributed by atoms with van der Waals surface area (Å²) in [6.07, 6.45) is 3.51. The average Bonchev–Trinajstić information content (AvgIpc) is 2.39. The van der Waals surface area contributed by atoms with Crippen LogP contribution in [0.25, 0.3) is 0 Å². The summed E-state index contributed by atoms with van der Waals surface area (Å²) in [4.78, 5) is 0. The highest BCUT2D eigenvalue weighted by Crippen LogP contribution is 2.22. The summed E-state index contributed by atoms with van der Waals surface area (Å²) in [5.74, 6) is 0.683. The molecule has 1 N–H and O–H groups in total. The third kappa shape index (κ3) is 6.22. The van der Waals surface area contributed by atoms with Crippen LogP contribution in [-0.4, -0.2) is 19.8 Å². The maximum Gasteiger partial charge on any atom is 0.0616 e. The molecule has 0 amide bonds. The first-order chi connectivity index (χ1) is 9.17. The molecular weight excluding hydrogens is 234 g/mol. The summed E-state index contributed by atoms with van der Waals surface area (Å²) in [7, 11) is 1.78. The molecule has 2 atom stereocenters. The van der Waals surface area contributed by atoms with E-state index in [0.717, 1.165) is 19.4 Å². The van der Waals surface area contributed by atoms with E-state index in [1.807, 2.05) is 0 Å². The van der Waals surface area contributed by atoms with Crippen LogP contribution in [0.3, 0.4) is 0 Å². The molecule has 2 nitrogen and oxygen atoms in total. The number of methoxy groups -OCH3 is 1. The van der Waals surface area contributed by atoms with Crippen LogP contribution in [0.15, 0.2) is 30.3 Å². The minimum absolute atomic E-state index is 0.424. The Hall–Kier alpha value is -0.860. The highest BCUT2D eigenvalue weighted by atomic mass is 16.5. The molecule has 1 aromatic carbocycles. The van der Waals surface area contributed by atoms with Gasteiger partial charge in [-0.25, -0.2) is 0 Å². The Morgan fingerprint density at radius 3 is 2.37 bits per heavy atom. The molecule has 2 unspecified atom stereocenters. The Labute approximate surface area is 118 Å². The molecule has 1 aromatic rings. The fraction of sp³-hybridized carbons (Fsp3) is 0.647. The third-order valence-corrected chi connectivity index (χ3v) is 3.35. The fourth-order valence-electron chi connectivity index (χ4n) is 2.51. The molecular formula is C17H29NO. The molecule has 0 saturated carbocycles. The number of ether oxygens (including phenoxy) is 1. The summed E-state index contributed by atoms with van der Waals surface area (Å²) in [5.41, 5.74) is 1.38. The van der Waals surface area contributed by atoms with Crippen molar-refractivity contribution >= 4 is 0 Å². The number of benzene rings is 1. The molecule has 0 heterocycles. The molecule has 2 heteroatoms. The van der Waals surface area contributed by atoms with Gasteiger partial charge in [-0.05, 0) is 24.3 Å². The molecule has 0 aliphatic heterocycles. The van der Waals surface area contributed by atoms with Crippen LogP contribution in [0.2, 0.25) is 0 Å². The molecule has 0 aliphatic rings. The predicted molar refractivity (Wildman–Crippen MR) is 82.3 cm³/mol. The first kappa shape index (κ1) is 16.2. The SMILES string of the molecule is CCCC(COC)NC(CC(C)C)c1ccccc1. The lowest BCUT2D eigenvalue weighted by Gasteiger charge is -2.27. The number of hydrogen-bond acceptors (Lipinski definition) is 2. The first-order valence-corrected chi connectivity index (χ1v) is 7.47. The van der Waals surface area contributed by atoms with Crippen LogP contribution in [0.1, 0.15) is 51.6 Å². The minimum atomic E-state index is 0.424. The second-order valence-electron chi connectivity index (χ2n) is 5.70. The van der Waals surface area contributed by atoms with Gasteiger partial charge in [0, 0.05) is 19.2 Å². The van der Waals surface area contributed by atoms with E-state index >= 15 is 0 Å². The van der Waals surface area contributed by atoms with Gasteiger partial charge in [0.05, 0.1) is 6.61 Å². The summed E-state index contributed by atoms with van der Waals surface area (Å²) >= 11 is 0. The number of rotatable bonds is 9. The molecule has 0 aromatic heterocycles. The molecule has 19 heavy (non-hydrogen) atoms. The zero-order chi connectivity index (χ0) is 14.1. The molecule has 0 saturated heterocycles. The topological polar surface area (TPSA) is 21.3 Å². The van der Waals surface area contributed by atoms with Crippen molar-refractivity contribution in [1.29, 1.82) is 0 Å². The van der Waals surface area contributed by atoms with E-state index in [2.05, 4.69) is 56.4 Å². The largest absolute Gasteiger partial charge is 0.383 e. The van der Waals surface area contributed by atoms with E-state index in [0.29, 0.717) is 18.0 Å². The van der Waals surface area contributed by atoms with E-state index in [-0.39, 0.29) is 0 Å². The second kappa shape index (κ2) is 9.11. The summed E-state index contributed by atoms with van der Waals surface area (Å²) in [6, 6.07) is 11.6. The van der Waals surface area contributed by atoms with Crippen LogP contribution in [0.5, 0.6) is 0 Å². The van der Waals surface area contributed by atoms with Crippen molar-refractivity contribution in [1.82, 2.24) is 5.32 Å². The van der Waals surface area contributed by atoms with Gasteiger partial charge >= 0.3 is 0 Å². The van der Waals surface area contributed by atoms with Gasteiger partial charge in [-0.1, -0.05) is 57.5 Å². The van der Waals surface area contributed by atoms with Crippen molar-refractivity contribution in [3.63, 3.8) is 0 Å². The minimum Gasteiger partial charge on any atom is -0.383 e. The van der Waals surface area contributed by atoms with Crippen molar-refractivity contribution in [2.75, 3.05) is 13.7 Å². The molecule has 1 rings (SSSR count). The van der Waals surface area contributed by atoms with Gasteiger partial charge < -0.3 is 10.1 Å². The summed E-state index contributed by atoms with van der Waals surface area (Å²) < 4.78 is 5.34. The second-order valence-corrected chi connectivity index (χ2v) is 5.70. The van der Waals surface area contributed by atoms with E-state index < -0.39 is 0 Å². The lowest BCUT2D eigenvalue weighted by atomic mass is 9.96. The summed E-state index contributed by atoms with van der Waals surface area (Å²) in [5, 5.41) is 3.78.